The Morgan fingerprint density at radius 2 is 1.29 bits per heavy atom. The number of hydrogen-bond acceptors (Lipinski definition) is 18. The maximum Gasteiger partial charge on any atom is 0.187 e. The van der Waals surface area contributed by atoms with Gasteiger partial charge in [0, 0.05) is 22.2 Å². The van der Waals surface area contributed by atoms with Gasteiger partial charge in [-0.2, -0.15) is 0 Å². The number of aliphatic hydroxyl groups excluding tert-OH is 11. The predicted molar refractivity (Wildman–Crippen MR) is 225 cm³/mol. The smallest absolute Gasteiger partial charge is 0.187 e. The van der Waals surface area contributed by atoms with Crippen LogP contribution in [0.3, 0.4) is 0 Å². The van der Waals surface area contributed by atoms with Crippen molar-refractivity contribution < 1.29 is 89.3 Å². The van der Waals surface area contributed by atoms with Gasteiger partial charge in [-0.1, -0.05) is 53.7 Å². The molecule has 0 aromatic carbocycles. The van der Waals surface area contributed by atoms with E-state index in [1.165, 1.54) is 0 Å². The quantitative estimate of drug-likeness (QED) is 0.0984. The van der Waals surface area contributed by atoms with Gasteiger partial charge in [-0.15, -0.1) is 0 Å². The topological polar surface area (TPSA) is 287 Å². The van der Waals surface area contributed by atoms with Crippen molar-refractivity contribution in [3.8, 4) is 0 Å². The van der Waals surface area contributed by atoms with Crippen molar-refractivity contribution in [2.75, 3.05) is 33.0 Å². The van der Waals surface area contributed by atoms with E-state index in [1.807, 2.05) is 6.92 Å². The SMILES string of the molecule is C[C@H]1[C@H](C)CC[C@]23CO[C@]4(C=C[C@@H]5[C@@]6(C)CC[C@H](O[C@@H]7O[C@H](CO)[C@@H](O)[C@H](O)[C@H]7O[C@@H]7O[C@H](CO)[C@@H](O)[C@H](O)[C@H]7O[C@@H]7OC[C@@H](O)[C@H](O)[C@H]7O)[C@@](C)(CO)[C@H]6CC[C@@]5(C)[C@]4(C)C[C@H]2O)[C@@H]13. The molecule has 8 fully saturated rings. The largest absolute Gasteiger partial charge is 0.396 e. The molecule has 4 saturated carbocycles. The summed E-state index contributed by atoms with van der Waals surface area (Å²) in [5.41, 5.74) is -2.66. The Balaban J connectivity index is 1.00. The van der Waals surface area contributed by atoms with Crippen LogP contribution in [0.2, 0.25) is 0 Å². The molecule has 4 saturated heterocycles. The fourth-order valence-corrected chi connectivity index (χ4v) is 15.8. The molecule has 0 aromatic rings. The van der Waals surface area contributed by atoms with Gasteiger partial charge in [-0.3, -0.25) is 0 Å². The van der Waals surface area contributed by atoms with Gasteiger partial charge in [-0.25, -0.2) is 0 Å². The van der Waals surface area contributed by atoms with Crippen molar-refractivity contribution >= 4 is 0 Å². The molecule has 9 rings (SSSR count). The molecule has 0 radical (unpaired) electrons. The van der Waals surface area contributed by atoms with Crippen LogP contribution in [0.15, 0.2) is 12.2 Å². The predicted octanol–water partition coefficient (Wildman–Crippen LogP) is -0.931. The molecular formula is C47H76O18. The molecule has 11 N–H and O–H groups in total. The summed E-state index contributed by atoms with van der Waals surface area (Å²) < 4.78 is 43.5. The summed E-state index contributed by atoms with van der Waals surface area (Å²) in [5, 5.41) is 120. The van der Waals surface area contributed by atoms with Crippen molar-refractivity contribution in [3.63, 3.8) is 0 Å². The Labute approximate surface area is 380 Å². The van der Waals surface area contributed by atoms with Crippen LogP contribution in [-0.4, -0.2) is 193 Å². The first-order valence-corrected chi connectivity index (χ1v) is 24.1. The van der Waals surface area contributed by atoms with Gasteiger partial charge in [0.1, 0.15) is 67.1 Å². The Kier molecular flexibility index (Phi) is 12.9. The Hall–Kier alpha value is -0.980. The average molecular weight is 929 g/mol. The molecule has 18 heteroatoms. The summed E-state index contributed by atoms with van der Waals surface area (Å²) in [6, 6.07) is 0. The molecule has 9 aliphatic rings. The van der Waals surface area contributed by atoms with E-state index in [1.54, 1.807) is 0 Å². The van der Waals surface area contributed by atoms with E-state index in [0.29, 0.717) is 37.7 Å². The van der Waals surface area contributed by atoms with E-state index in [9.17, 15) is 56.2 Å². The van der Waals surface area contributed by atoms with Crippen molar-refractivity contribution in [3.05, 3.63) is 12.2 Å². The molecule has 65 heavy (non-hydrogen) atoms. The summed E-state index contributed by atoms with van der Waals surface area (Å²) in [6.07, 6.45) is -14.1. The zero-order valence-corrected chi connectivity index (χ0v) is 38.5. The van der Waals surface area contributed by atoms with E-state index >= 15 is 0 Å². The molecule has 4 heterocycles. The molecule has 0 amide bonds. The van der Waals surface area contributed by atoms with Crippen molar-refractivity contribution in [2.45, 2.75) is 190 Å². The number of aliphatic hydroxyl groups is 11. The van der Waals surface area contributed by atoms with Gasteiger partial charge < -0.3 is 89.3 Å². The van der Waals surface area contributed by atoms with Crippen molar-refractivity contribution in [2.24, 2.45) is 56.7 Å². The lowest BCUT2D eigenvalue weighted by Crippen LogP contribution is -2.73. The van der Waals surface area contributed by atoms with E-state index in [2.05, 4.69) is 46.8 Å². The maximum atomic E-state index is 12.3. The lowest BCUT2D eigenvalue weighted by molar-refractivity contribution is -0.395. The third-order valence-electron chi connectivity index (χ3n) is 20.0. The summed E-state index contributed by atoms with van der Waals surface area (Å²) >= 11 is 0. The lowest BCUT2D eigenvalue weighted by Gasteiger charge is -2.73. The second kappa shape index (κ2) is 17.1. The first kappa shape index (κ1) is 49.0. The van der Waals surface area contributed by atoms with E-state index in [-0.39, 0.29) is 46.0 Å². The van der Waals surface area contributed by atoms with Gasteiger partial charge in [0.25, 0.3) is 0 Å². The number of hydrogen-bond donors (Lipinski definition) is 11. The highest BCUT2D eigenvalue weighted by atomic mass is 16.8. The monoisotopic (exact) mass is 929 g/mol. The van der Waals surface area contributed by atoms with E-state index in [4.69, 9.17) is 33.2 Å². The van der Waals surface area contributed by atoms with Crippen LogP contribution in [0.1, 0.15) is 86.5 Å². The standard InChI is InChI=1S/C47H76O18/c1-21-7-13-46-20-60-47(38(46)22(21)2)14-9-27-42(3)11-10-29(43(4,19-50)26(42)8-12-44(27,5)45(47,6)15-28(46)52)63-40-36(33(56)31(54)24(16-48)61-40)65-41-37(34(57)32(55)25(17-49)62-41)64-39-35(58)30(53)23(51)18-59-39/h9,14,21-41,48-58H,7-8,10-13,15-20H2,1-6H3/t21-,22+,23-,24-,25-,26+,27-,28-,29+,30+,31-,32-,33+,34+,35-,36-,37-,38+,39+,40+,41+,42+,43+,44-,45+,46+,47-/m1/s1. The number of ether oxygens (including phenoxy) is 7. The molecule has 4 aliphatic heterocycles. The van der Waals surface area contributed by atoms with Crippen molar-refractivity contribution in [1.82, 2.24) is 0 Å². The van der Waals surface area contributed by atoms with Gasteiger partial charge in [0.05, 0.1) is 50.8 Å². The highest BCUT2D eigenvalue weighted by Crippen LogP contribution is 2.79. The molecule has 1 spiro atoms. The van der Waals surface area contributed by atoms with Crippen molar-refractivity contribution in [1.29, 1.82) is 0 Å². The van der Waals surface area contributed by atoms with Gasteiger partial charge in [0.15, 0.2) is 18.9 Å². The molecule has 27 atom stereocenters. The minimum atomic E-state index is -1.85. The summed E-state index contributed by atoms with van der Waals surface area (Å²) in [7, 11) is 0. The molecule has 5 aliphatic carbocycles. The highest BCUT2D eigenvalue weighted by molar-refractivity contribution is 5.36. The Bertz CT molecular complexity index is 1760. The van der Waals surface area contributed by atoms with Crippen LogP contribution >= 0.6 is 0 Å². The maximum absolute atomic E-state index is 12.3. The van der Waals surface area contributed by atoms with Crippen LogP contribution in [0, 0.1) is 56.7 Å². The summed E-state index contributed by atoms with van der Waals surface area (Å²) in [5.74, 6) is 1.06. The highest BCUT2D eigenvalue weighted by Gasteiger charge is 2.79. The molecule has 2 bridgehead atoms. The van der Waals surface area contributed by atoms with Crippen LogP contribution in [-0.2, 0) is 33.2 Å². The fraction of sp³-hybridized carbons (Fsp3) is 0.957. The summed E-state index contributed by atoms with van der Waals surface area (Å²) in [4.78, 5) is 0. The van der Waals surface area contributed by atoms with Gasteiger partial charge in [-0.05, 0) is 79.4 Å². The summed E-state index contributed by atoms with van der Waals surface area (Å²) in [6.45, 7) is 12.1. The number of rotatable bonds is 9. The number of allylic oxidation sites excluding steroid dienone is 1. The molecule has 372 valence electrons. The van der Waals surface area contributed by atoms with Crippen LogP contribution < -0.4 is 0 Å². The normalized spacial score (nSPS) is 59.8. The van der Waals surface area contributed by atoms with E-state index < -0.39 is 129 Å². The average Bonchev–Trinajstić information content (AvgIpc) is 3.59. The second-order valence-electron chi connectivity index (χ2n) is 22.8. The van der Waals surface area contributed by atoms with Crippen LogP contribution in [0.5, 0.6) is 0 Å². The Morgan fingerprint density at radius 1 is 0.677 bits per heavy atom. The van der Waals surface area contributed by atoms with Gasteiger partial charge >= 0.3 is 0 Å². The fourth-order valence-electron chi connectivity index (χ4n) is 15.8. The third kappa shape index (κ3) is 6.85. The lowest BCUT2D eigenvalue weighted by atomic mass is 9.31. The molecule has 0 aromatic heterocycles. The Morgan fingerprint density at radius 3 is 1.91 bits per heavy atom. The number of fused-ring (bicyclic) bond motifs is 4. The second-order valence-corrected chi connectivity index (χ2v) is 22.8. The molecule has 18 nitrogen and oxygen atoms in total. The third-order valence-corrected chi connectivity index (χ3v) is 20.0. The minimum absolute atomic E-state index is 0.0619. The minimum Gasteiger partial charge on any atom is -0.396 e. The van der Waals surface area contributed by atoms with Crippen LogP contribution in [0.4, 0.5) is 0 Å². The molecular weight excluding hydrogens is 852 g/mol. The van der Waals surface area contributed by atoms with Crippen LogP contribution in [0.25, 0.3) is 0 Å². The van der Waals surface area contributed by atoms with E-state index in [0.717, 1.165) is 25.7 Å². The zero-order chi connectivity index (χ0) is 47.0. The molecule has 0 unspecified atom stereocenters. The first-order valence-electron chi connectivity index (χ1n) is 24.1. The zero-order valence-electron chi connectivity index (χ0n) is 38.5. The first-order chi connectivity index (χ1) is 30.6. The van der Waals surface area contributed by atoms with Gasteiger partial charge in [0.2, 0.25) is 0 Å².